The minimum Gasteiger partial charge on any atom is -0.369 e. The maximum Gasteiger partial charge on any atom is 0.234 e. The van der Waals surface area contributed by atoms with Crippen LogP contribution in [0.4, 0.5) is 0 Å². The Morgan fingerprint density at radius 1 is 1.47 bits per heavy atom. The Morgan fingerprint density at radius 3 is 2.60 bits per heavy atom. The van der Waals surface area contributed by atoms with Gasteiger partial charge in [0, 0.05) is 5.92 Å². The van der Waals surface area contributed by atoms with Crippen molar-refractivity contribution in [1.82, 2.24) is 5.32 Å². The van der Waals surface area contributed by atoms with Crippen LogP contribution in [0.1, 0.15) is 19.3 Å². The summed E-state index contributed by atoms with van der Waals surface area (Å²) in [4.78, 5) is 11.6. The molecule has 0 unspecified atom stereocenters. The van der Waals surface area contributed by atoms with Crippen molar-refractivity contribution in [1.29, 1.82) is 0 Å². The fourth-order valence-corrected chi connectivity index (χ4v) is 1.53. The van der Waals surface area contributed by atoms with Gasteiger partial charge in [0.2, 0.25) is 9.70 Å². The van der Waals surface area contributed by atoms with Gasteiger partial charge in [-0.25, -0.2) is 0 Å². The predicted molar refractivity (Wildman–Crippen MR) is 60.9 cm³/mol. The van der Waals surface area contributed by atoms with Gasteiger partial charge in [-0.15, -0.1) is 0 Å². The summed E-state index contributed by atoms with van der Waals surface area (Å²) in [5, 5.41) is 11.6. The average Bonchev–Trinajstić information content (AvgIpc) is 2.17. The Labute approximate surface area is 103 Å². The van der Waals surface area contributed by atoms with Crippen LogP contribution in [-0.4, -0.2) is 21.0 Å². The Bertz CT molecular complexity index is 263. The summed E-state index contributed by atoms with van der Waals surface area (Å²) < 4.78 is -1.89. The van der Waals surface area contributed by atoms with E-state index in [4.69, 9.17) is 34.8 Å². The van der Waals surface area contributed by atoms with Crippen molar-refractivity contribution in [2.24, 2.45) is 5.92 Å². The molecule has 0 fully saturated rings. The van der Waals surface area contributed by atoms with Gasteiger partial charge in [0.05, 0.1) is 0 Å². The van der Waals surface area contributed by atoms with Crippen molar-refractivity contribution in [3.05, 3.63) is 12.2 Å². The molecule has 0 aromatic rings. The molecular formula is C9H12Cl3NO2. The predicted octanol–water partition coefficient (Wildman–Crippen LogP) is 2.15. The van der Waals surface area contributed by atoms with Crippen LogP contribution in [0.15, 0.2) is 12.2 Å². The van der Waals surface area contributed by atoms with E-state index in [1.165, 1.54) is 0 Å². The lowest BCUT2D eigenvalue weighted by molar-refractivity contribution is -0.128. The Balaban J connectivity index is 2.45. The second-order valence-corrected chi connectivity index (χ2v) is 5.80. The molecule has 6 heteroatoms. The molecule has 0 saturated heterocycles. The van der Waals surface area contributed by atoms with Crippen molar-refractivity contribution in [3.8, 4) is 0 Å². The molecule has 0 heterocycles. The van der Waals surface area contributed by atoms with E-state index in [1.807, 2.05) is 12.2 Å². The number of amides is 1. The molecule has 0 radical (unpaired) electrons. The van der Waals surface area contributed by atoms with Crippen molar-refractivity contribution >= 4 is 40.7 Å². The van der Waals surface area contributed by atoms with Gasteiger partial charge < -0.3 is 10.4 Å². The highest BCUT2D eigenvalue weighted by Crippen LogP contribution is 2.29. The number of aliphatic hydroxyl groups excluding tert-OH is 1. The molecule has 1 rings (SSSR count). The average molecular weight is 273 g/mol. The van der Waals surface area contributed by atoms with Crippen LogP contribution in [-0.2, 0) is 4.79 Å². The molecule has 0 aliphatic heterocycles. The van der Waals surface area contributed by atoms with E-state index in [0.717, 1.165) is 12.8 Å². The Kier molecular flexibility index (Phi) is 4.71. The molecule has 2 N–H and O–H groups in total. The second-order valence-electron chi connectivity index (χ2n) is 3.43. The summed E-state index contributed by atoms with van der Waals surface area (Å²) in [6.07, 6.45) is 4.78. The van der Waals surface area contributed by atoms with Gasteiger partial charge in [-0.05, 0) is 19.3 Å². The maximum absolute atomic E-state index is 11.6. The Hall–Kier alpha value is 0.0400. The van der Waals surface area contributed by atoms with Crippen LogP contribution in [0.3, 0.4) is 0 Å². The summed E-state index contributed by atoms with van der Waals surface area (Å²) in [6, 6.07) is 0. The van der Waals surface area contributed by atoms with E-state index in [9.17, 15) is 9.90 Å². The number of hydrogen-bond acceptors (Lipinski definition) is 2. The third-order valence-corrected chi connectivity index (χ3v) is 2.85. The van der Waals surface area contributed by atoms with Crippen LogP contribution in [0, 0.1) is 5.92 Å². The first kappa shape index (κ1) is 13.1. The molecule has 0 aromatic carbocycles. The zero-order valence-corrected chi connectivity index (χ0v) is 10.2. The molecular weight excluding hydrogens is 260 g/mol. The van der Waals surface area contributed by atoms with E-state index < -0.39 is 10.0 Å². The van der Waals surface area contributed by atoms with Crippen molar-refractivity contribution in [2.75, 3.05) is 0 Å². The largest absolute Gasteiger partial charge is 0.369 e. The molecule has 0 saturated carbocycles. The van der Waals surface area contributed by atoms with Gasteiger partial charge in [0.25, 0.3) is 0 Å². The number of allylic oxidation sites excluding steroid dienone is 2. The number of halogens is 3. The van der Waals surface area contributed by atoms with E-state index in [0.29, 0.717) is 6.42 Å². The van der Waals surface area contributed by atoms with Gasteiger partial charge in [0.15, 0.2) is 6.23 Å². The van der Waals surface area contributed by atoms with Crippen LogP contribution < -0.4 is 5.32 Å². The van der Waals surface area contributed by atoms with Crippen LogP contribution in [0.2, 0.25) is 0 Å². The third kappa shape index (κ3) is 4.19. The van der Waals surface area contributed by atoms with Gasteiger partial charge >= 0.3 is 0 Å². The number of carbonyl (C=O) groups excluding carboxylic acids is 1. The minimum atomic E-state index is -1.89. The highest BCUT2D eigenvalue weighted by molar-refractivity contribution is 6.68. The lowest BCUT2D eigenvalue weighted by Crippen LogP contribution is -2.46. The van der Waals surface area contributed by atoms with Gasteiger partial charge in [-0.3, -0.25) is 4.79 Å². The molecule has 1 aliphatic rings. The SMILES string of the molecule is O=C(N[C@@H](O)C(Cl)(Cl)Cl)[C@@H]1CC=CCC1. The van der Waals surface area contributed by atoms with E-state index in [2.05, 4.69) is 5.32 Å². The Morgan fingerprint density at radius 2 is 2.13 bits per heavy atom. The molecule has 2 atom stereocenters. The molecule has 15 heavy (non-hydrogen) atoms. The standard InChI is InChI=1S/C9H12Cl3NO2/c10-9(11,12)8(15)13-7(14)6-4-2-1-3-5-6/h1-2,6,8,15H,3-5H2,(H,13,14)/t6-,8+/m1/s1. The van der Waals surface area contributed by atoms with E-state index >= 15 is 0 Å². The summed E-state index contributed by atoms with van der Waals surface area (Å²) in [7, 11) is 0. The third-order valence-electron chi connectivity index (χ3n) is 2.23. The summed E-state index contributed by atoms with van der Waals surface area (Å²) in [5.74, 6) is -0.421. The van der Waals surface area contributed by atoms with Crippen LogP contribution >= 0.6 is 34.8 Å². The van der Waals surface area contributed by atoms with Gasteiger partial charge in [0.1, 0.15) is 0 Å². The van der Waals surface area contributed by atoms with Gasteiger partial charge in [-0.1, -0.05) is 47.0 Å². The van der Waals surface area contributed by atoms with E-state index in [-0.39, 0.29) is 11.8 Å². The molecule has 3 nitrogen and oxygen atoms in total. The number of nitrogens with one attached hydrogen (secondary N) is 1. The van der Waals surface area contributed by atoms with Crippen molar-refractivity contribution in [3.63, 3.8) is 0 Å². The highest BCUT2D eigenvalue weighted by atomic mass is 35.6. The van der Waals surface area contributed by atoms with Gasteiger partial charge in [-0.2, -0.15) is 0 Å². The quantitative estimate of drug-likeness (QED) is 0.460. The molecule has 86 valence electrons. The monoisotopic (exact) mass is 271 g/mol. The summed E-state index contributed by atoms with van der Waals surface area (Å²) in [5.41, 5.74) is 0. The first-order valence-electron chi connectivity index (χ1n) is 4.61. The number of alkyl halides is 3. The van der Waals surface area contributed by atoms with E-state index in [1.54, 1.807) is 0 Å². The second kappa shape index (κ2) is 5.39. The fourth-order valence-electron chi connectivity index (χ4n) is 1.37. The highest BCUT2D eigenvalue weighted by Gasteiger charge is 2.33. The number of rotatable bonds is 2. The lowest BCUT2D eigenvalue weighted by atomic mass is 9.94. The summed E-state index contributed by atoms with van der Waals surface area (Å²) in [6.45, 7) is 0. The smallest absolute Gasteiger partial charge is 0.234 e. The maximum atomic E-state index is 11.6. The number of carbonyl (C=O) groups is 1. The van der Waals surface area contributed by atoms with Crippen molar-refractivity contribution in [2.45, 2.75) is 29.3 Å². The lowest BCUT2D eigenvalue weighted by Gasteiger charge is -2.23. The molecule has 1 aliphatic carbocycles. The zero-order valence-electron chi connectivity index (χ0n) is 7.92. The van der Waals surface area contributed by atoms with Crippen LogP contribution in [0.5, 0.6) is 0 Å². The summed E-state index contributed by atoms with van der Waals surface area (Å²) >= 11 is 16.3. The molecule has 0 spiro atoms. The minimum absolute atomic E-state index is 0.142. The molecule has 0 bridgehead atoms. The first-order valence-corrected chi connectivity index (χ1v) is 5.75. The van der Waals surface area contributed by atoms with Crippen LogP contribution in [0.25, 0.3) is 0 Å². The van der Waals surface area contributed by atoms with Crippen molar-refractivity contribution < 1.29 is 9.90 Å². The number of aliphatic hydroxyl groups is 1. The normalized spacial score (nSPS) is 23.6. The molecule has 1 amide bonds. The fraction of sp³-hybridized carbons (Fsp3) is 0.667. The molecule has 0 aromatic heterocycles. The zero-order chi connectivity index (χ0) is 11.5. The first-order chi connectivity index (χ1) is 6.91. The topological polar surface area (TPSA) is 49.3 Å². The number of hydrogen-bond donors (Lipinski definition) is 2.